The summed E-state index contributed by atoms with van der Waals surface area (Å²) in [6.07, 6.45) is 3.08. The molecule has 16 heavy (non-hydrogen) atoms. The Morgan fingerprint density at radius 2 is 2.12 bits per heavy atom. The molecule has 1 aromatic rings. The number of carboxylic acids is 1. The number of fused-ring (bicyclic) bond motifs is 1. The minimum atomic E-state index is -0.743. The molecule has 0 saturated carbocycles. The Kier molecular flexibility index (Phi) is 2.74. The zero-order valence-electron chi connectivity index (χ0n) is 10.0. The van der Waals surface area contributed by atoms with E-state index in [1.165, 1.54) is 5.56 Å². The van der Waals surface area contributed by atoms with Gasteiger partial charge < -0.3 is 5.11 Å². The van der Waals surface area contributed by atoms with Gasteiger partial charge in [0, 0.05) is 7.05 Å². The number of hydrogen-bond acceptors (Lipinski definition) is 2. The van der Waals surface area contributed by atoms with Gasteiger partial charge in [0.2, 0.25) is 0 Å². The number of hydrogen-bond donors (Lipinski definition) is 1. The number of nitrogens with zero attached hydrogens (tertiary/aromatic N) is 2. The summed E-state index contributed by atoms with van der Waals surface area (Å²) in [5.41, 5.74) is 3.20. The second-order valence-corrected chi connectivity index (χ2v) is 4.85. The molecule has 0 spiro atoms. The molecule has 0 bridgehead atoms. The molecular weight excluding hydrogens is 204 g/mol. The second-order valence-electron chi connectivity index (χ2n) is 4.85. The Bertz CT molecular complexity index is 421. The van der Waals surface area contributed by atoms with Gasteiger partial charge in [0.1, 0.15) is 5.92 Å². The third-order valence-corrected chi connectivity index (χ3v) is 3.34. The molecule has 4 heteroatoms. The predicted molar refractivity (Wildman–Crippen MR) is 60.4 cm³/mol. The molecule has 1 unspecified atom stereocenters. The van der Waals surface area contributed by atoms with Gasteiger partial charge >= 0.3 is 5.97 Å². The van der Waals surface area contributed by atoms with Crippen LogP contribution >= 0.6 is 0 Å². The summed E-state index contributed by atoms with van der Waals surface area (Å²) in [6.45, 7) is 3.90. The maximum Gasteiger partial charge on any atom is 0.312 e. The van der Waals surface area contributed by atoms with Crippen molar-refractivity contribution in [1.29, 1.82) is 0 Å². The molecule has 0 fully saturated rings. The second kappa shape index (κ2) is 3.92. The Hall–Kier alpha value is -1.32. The van der Waals surface area contributed by atoms with Gasteiger partial charge in [0.05, 0.1) is 11.4 Å². The van der Waals surface area contributed by atoms with Crippen molar-refractivity contribution < 1.29 is 9.90 Å². The monoisotopic (exact) mass is 222 g/mol. The van der Waals surface area contributed by atoms with Crippen LogP contribution in [0.3, 0.4) is 0 Å². The summed E-state index contributed by atoms with van der Waals surface area (Å²) in [6, 6.07) is 0. The number of carbonyl (C=O) groups is 1. The molecule has 88 valence electrons. The van der Waals surface area contributed by atoms with Crippen LogP contribution in [0.2, 0.25) is 0 Å². The van der Waals surface area contributed by atoms with E-state index in [9.17, 15) is 9.90 Å². The number of aryl methyl sites for hydroxylation is 2. The van der Waals surface area contributed by atoms with E-state index in [1.54, 1.807) is 4.68 Å². The van der Waals surface area contributed by atoms with Gasteiger partial charge in [0.25, 0.3) is 0 Å². The van der Waals surface area contributed by atoms with Crippen LogP contribution in [0.15, 0.2) is 0 Å². The van der Waals surface area contributed by atoms with Gasteiger partial charge in [0.15, 0.2) is 0 Å². The summed E-state index contributed by atoms with van der Waals surface area (Å²) in [7, 11) is 1.85. The quantitative estimate of drug-likeness (QED) is 0.847. The first-order chi connectivity index (χ1) is 7.52. The van der Waals surface area contributed by atoms with E-state index in [-0.39, 0.29) is 5.92 Å². The maximum absolute atomic E-state index is 11.4. The van der Waals surface area contributed by atoms with E-state index in [4.69, 9.17) is 0 Å². The molecule has 2 rings (SSSR count). The van der Waals surface area contributed by atoms with Crippen LogP contribution in [0.25, 0.3) is 0 Å². The van der Waals surface area contributed by atoms with Gasteiger partial charge in [-0.05, 0) is 30.7 Å². The zero-order chi connectivity index (χ0) is 11.9. The van der Waals surface area contributed by atoms with Crippen molar-refractivity contribution in [3.8, 4) is 0 Å². The van der Waals surface area contributed by atoms with Crippen molar-refractivity contribution in [3.05, 3.63) is 17.0 Å². The molecule has 0 saturated heterocycles. The van der Waals surface area contributed by atoms with Gasteiger partial charge in [-0.25, -0.2) is 0 Å². The standard InChI is InChI=1S/C12H18N2O2/c1-7(2)10(12(15)16)11-8-5-4-6-9(8)13-14(11)3/h7,10H,4-6H2,1-3H3,(H,15,16). The number of rotatable bonds is 3. The Labute approximate surface area is 95.3 Å². The van der Waals surface area contributed by atoms with E-state index in [0.29, 0.717) is 0 Å². The lowest BCUT2D eigenvalue weighted by Crippen LogP contribution is -2.21. The Balaban J connectivity index is 2.49. The first-order valence-electron chi connectivity index (χ1n) is 5.79. The highest BCUT2D eigenvalue weighted by molar-refractivity contribution is 5.76. The van der Waals surface area contributed by atoms with Crippen LogP contribution in [0.4, 0.5) is 0 Å². The van der Waals surface area contributed by atoms with Crippen LogP contribution < -0.4 is 0 Å². The molecule has 4 nitrogen and oxygen atoms in total. The van der Waals surface area contributed by atoms with Crippen molar-refractivity contribution in [2.45, 2.75) is 39.0 Å². The molecule has 0 radical (unpaired) electrons. The highest BCUT2D eigenvalue weighted by Gasteiger charge is 2.32. The van der Waals surface area contributed by atoms with Crippen molar-refractivity contribution in [2.75, 3.05) is 0 Å². The zero-order valence-corrected chi connectivity index (χ0v) is 10.0. The molecule has 1 aliphatic carbocycles. The van der Waals surface area contributed by atoms with Crippen molar-refractivity contribution in [3.63, 3.8) is 0 Å². The van der Waals surface area contributed by atoms with E-state index in [2.05, 4.69) is 5.10 Å². The molecule has 0 aromatic carbocycles. The fourth-order valence-corrected chi connectivity index (χ4v) is 2.65. The fraction of sp³-hybridized carbons (Fsp3) is 0.667. The summed E-state index contributed by atoms with van der Waals surface area (Å²) in [4.78, 5) is 11.4. The smallest absolute Gasteiger partial charge is 0.312 e. The maximum atomic E-state index is 11.4. The van der Waals surface area contributed by atoms with E-state index in [1.807, 2.05) is 20.9 Å². The normalized spacial score (nSPS) is 16.5. The SMILES string of the molecule is CC(C)C(C(=O)O)c1c2c(nn1C)CCC2. The van der Waals surface area contributed by atoms with Crippen LogP contribution in [0.1, 0.15) is 43.1 Å². The highest BCUT2D eigenvalue weighted by Crippen LogP contribution is 2.33. The largest absolute Gasteiger partial charge is 0.481 e. The summed E-state index contributed by atoms with van der Waals surface area (Å²) < 4.78 is 1.77. The molecule has 1 aromatic heterocycles. The van der Waals surface area contributed by atoms with Crippen LogP contribution in [0, 0.1) is 5.92 Å². The van der Waals surface area contributed by atoms with Gasteiger partial charge in [-0.3, -0.25) is 9.48 Å². The Morgan fingerprint density at radius 3 is 2.69 bits per heavy atom. The van der Waals surface area contributed by atoms with E-state index < -0.39 is 11.9 Å². The lowest BCUT2D eigenvalue weighted by atomic mass is 9.90. The number of aromatic nitrogens is 2. The highest BCUT2D eigenvalue weighted by atomic mass is 16.4. The average Bonchev–Trinajstić information content (AvgIpc) is 2.68. The lowest BCUT2D eigenvalue weighted by Gasteiger charge is -2.18. The Morgan fingerprint density at radius 1 is 1.44 bits per heavy atom. The van der Waals surface area contributed by atoms with Crippen LogP contribution in [-0.4, -0.2) is 20.9 Å². The summed E-state index contributed by atoms with van der Waals surface area (Å²) in [5, 5.41) is 13.8. The fourth-order valence-electron chi connectivity index (χ4n) is 2.65. The third-order valence-electron chi connectivity index (χ3n) is 3.34. The van der Waals surface area contributed by atoms with Gasteiger partial charge in [-0.15, -0.1) is 0 Å². The summed E-state index contributed by atoms with van der Waals surface area (Å²) in [5.74, 6) is -1.08. The van der Waals surface area contributed by atoms with Crippen molar-refractivity contribution in [2.24, 2.45) is 13.0 Å². The lowest BCUT2D eigenvalue weighted by molar-refractivity contribution is -0.140. The minimum absolute atomic E-state index is 0.0950. The van der Waals surface area contributed by atoms with E-state index in [0.717, 1.165) is 30.7 Å². The first kappa shape index (κ1) is 11.2. The van der Waals surface area contributed by atoms with Crippen molar-refractivity contribution >= 4 is 5.97 Å². The molecule has 1 heterocycles. The van der Waals surface area contributed by atoms with E-state index >= 15 is 0 Å². The molecule has 0 amide bonds. The molecular formula is C12H18N2O2. The van der Waals surface area contributed by atoms with Crippen molar-refractivity contribution in [1.82, 2.24) is 9.78 Å². The predicted octanol–water partition coefficient (Wildman–Crippen LogP) is 1.73. The third kappa shape index (κ3) is 1.62. The number of carboxylic acid groups (broad SMARTS) is 1. The first-order valence-corrected chi connectivity index (χ1v) is 5.79. The molecule has 1 aliphatic rings. The summed E-state index contributed by atoms with van der Waals surface area (Å²) >= 11 is 0. The average molecular weight is 222 g/mol. The molecule has 1 N–H and O–H groups in total. The topological polar surface area (TPSA) is 55.1 Å². The minimum Gasteiger partial charge on any atom is -0.481 e. The van der Waals surface area contributed by atoms with Gasteiger partial charge in [-0.2, -0.15) is 5.10 Å². The van der Waals surface area contributed by atoms with Crippen LogP contribution in [-0.2, 0) is 24.7 Å². The van der Waals surface area contributed by atoms with Gasteiger partial charge in [-0.1, -0.05) is 13.8 Å². The molecule has 1 atom stereocenters. The molecule has 0 aliphatic heterocycles. The number of aliphatic carboxylic acids is 1. The van der Waals surface area contributed by atoms with Crippen LogP contribution in [0.5, 0.6) is 0 Å².